The Morgan fingerprint density at radius 1 is 1.38 bits per heavy atom. The number of amides is 1. The molecule has 0 aromatic carbocycles. The molecule has 7 heteroatoms. The summed E-state index contributed by atoms with van der Waals surface area (Å²) in [5.74, 6) is 1.22. The van der Waals surface area contributed by atoms with E-state index in [2.05, 4.69) is 26.1 Å². The SMILES string of the molecule is CNNc1nc(N)c(C(C)C)c(NC=O)n1. The number of nitrogens with two attached hydrogens (primary N) is 1. The fourth-order valence-corrected chi connectivity index (χ4v) is 1.39. The third-order valence-corrected chi connectivity index (χ3v) is 1.98. The lowest BCUT2D eigenvalue weighted by molar-refractivity contribution is -0.105. The Kier molecular flexibility index (Phi) is 4.01. The van der Waals surface area contributed by atoms with E-state index >= 15 is 0 Å². The van der Waals surface area contributed by atoms with Crippen LogP contribution in [0, 0.1) is 0 Å². The molecule has 1 heterocycles. The van der Waals surface area contributed by atoms with Gasteiger partial charge in [0.1, 0.15) is 11.6 Å². The number of hydrazine groups is 1. The van der Waals surface area contributed by atoms with Crippen molar-refractivity contribution in [3.63, 3.8) is 0 Å². The maximum absolute atomic E-state index is 10.5. The maximum Gasteiger partial charge on any atom is 0.241 e. The van der Waals surface area contributed by atoms with E-state index in [0.717, 1.165) is 5.56 Å². The molecule has 1 amide bonds. The van der Waals surface area contributed by atoms with E-state index in [4.69, 9.17) is 5.73 Å². The summed E-state index contributed by atoms with van der Waals surface area (Å²) in [7, 11) is 1.68. The number of rotatable bonds is 5. The Morgan fingerprint density at radius 2 is 2.06 bits per heavy atom. The van der Waals surface area contributed by atoms with Gasteiger partial charge in [-0.15, -0.1) is 0 Å². The van der Waals surface area contributed by atoms with E-state index in [-0.39, 0.29) is 5.92 Å². The average Bonchev–Trinajstić information content (AvgIpc) is 2.17. The third-order valence-electron chi connectivity index (χ3n) is 1.98. The van der Waals surface area contributed by atoms with Crippen molar-refractivity contribution in [1.82, 2.24) is 15.4 Å². The van der Waals surface area contributed by atoms with Gasteiger partial charge in [0.2, 0.25) is 12.4 Å². The minimum atomic E-state index is 0.131. The highest BCUT2D eigenvalue weighted by molar-refractivity contribution is 5.74. The molecule has 1 rings (SSSR count). The van der Waals surface area contributed by atoms with Crippen LogP contribution in [0.5, 0.6) is 0 Å². The smallest absolute Gasteiger partial charge is 0.241 e. The predicted octanol–water partition coefficient (Wildman–Crippen LogP) is 0.297. The van der Waals surface area contributed by atoms with Crippen LogP contribution in [0.25, 0.3) is 0 Å². The first-order valence-electron chi connectivity index (χ1n) is 4.90. The summed E-state index contributed by atoms with van der Waals surface area (Å²) in [6.45, 7) is 3.91. The minimum Gasteiger partial charge on any atom is -0.383 e. The van der Waals surface area contributed by atoms with Crippen LogP contribution in [0.15, 0.2) is 0 Å². The standard InChI is InChI=1S/C9H16N6O/c1-5(2)6-7(10)13-9(15-11-3)14-8(6)12-4-16/h4-5,11H,1-3H3,(H4,10,12,13,14,15,16). The lowest BCUT2D eigenvalue weighted by Gasteiger charge is -2.14. The normalized spacial score (nSPS) is 10.2. The number of nitrogen functional groups attached to an aromatic ring is 1. The number of aromatic nitrogens is 2. The first-order valence-corrected chi connectivity index (χ1v) is 4.90. The van der Waals surface area contributed by atoms with Crippen LogP contribution in [0.1, 0.15) is 25.3 Å². The average molecular weight is 224 g/mol. The second-order valence-electron chi connectivity index (χ2n) is 3.49. The molecule has 0 aliphatic heterocycles. The Hall–Kier alpha value is -1.89. The molecule has 0 spiro atoms. The summed E-state index contributed by atoms with van der Waals surface area (Å²) in [5, 5.41) is 2.52. The lowest BCUT2D eigenvalue weighted by atomic mass is 10.1. The van der Waals surface area contributed by atoms with E-state index in [1.165, 1.54) is 0 Å². The molecule has 1 aromatic heterocycles. The summed E-state index contributed by atoms with van der Waals surface area (Å²) in [6.07, 6.45) is 0.566. The van der Waals surface area contributed by atoms with Crippen LogP contribution in [-0.4, -0.2) is 23.4 Å². The Morgan fingerprint density at radius 3 is 2.56 bits per heavy atom. The molecule has 88 valence electrons. The van der Waals surface area contributed by atoms with Gasteiger partial charge in [-0.05, 0) is 5.92 Å². The zero-order valence-electron chi connectivity index (χ0n) is 9.53. The molecular formula is C9H16N6O. The Labute approximate surface area is 93.8 Å². The van der Waals surface area contributed by atoms with Crippen molar-refractivity contribution in [2.45, 2.75) is 19.8 Å². The quantitative estimate of drug-likeness (QED) is 0.423. The first-order chi connectivity index (χ1) is 7.60. The monoisotopic (exact) mass is 224 g/mol. The molecule has 5 N–H and O–H groups in total. The summed E-state index contributed by atoms with van der Waals surface area (Å²) < 4.78 is 0. The predicted molar refractivity (Wildman–Crippen MR) is 62.9 cm³/mol. The van der Waals surface area contributed by atoms with E-state index in [1.54, 1.807) is 7.05 Å². The maximum atomic E-state index is 10.5. The highest BCUT2D eigenvalue weighted by Crippen LogP contribution is 2.27. The molecule has 0 aliphatic carbocycles. The fourth-order valence-electron chi connectivity index (χ4n) is 1.39. The molecule has 0 saturated carbocycles. The van der Waals surface area contributed by atoms with Gasteiger partial charge < -0.3 is 11.1 Å². The van der Waals surface area contributed by atoms with Gasteiger partial charge in [0.25, 0.3) is 0 Å². The van der Waals surface area contributed by atoms with Crippen LogP contribution >= 0.6 is 0 Å². The summed E-state index contributed by atoms with van der Waals surface area (Å²) >= 11 is 0. The third kappa shape index (κ3) is 2.57. The van der Waals surface area contributed by atoms with Gasteiger partial charge in [0.15, 0.2) is 0 Å². The largest absolute Gasteiger partial charge is 0.383 e. The number of hydrogen-bond donors (Lipinski definition) is 4. The highest BCUT2D eigenvalue weighted by Gasteiger charge is 2.14. The zero-order chi connectivity index (χ0) is 12.1. The molecule has 16 heavy (non-hydrogen) atoms. The van der Waals surface area contributed by atoms with Gasteiger partial charge in [0.05, 0.1) is 0 Å². The number of hydrogen-bond acceptors (Lipinski definition) is 6. The van der Waals surface area contributed by atoms with Crippen LogP contribution in [0.2, 0.25) is 0 Å². The van der Waals surface area contributed by atoms with Gasteiger partial charge in [0, 0.05) is 12.6 Å². The highest BCUT2D eigenvalue weighted by atomic mass is 16.1. The topological polar surface area (TPSA) is 105 Å². The van der Waals surface area contributed by atoms with Crippen LogP contribution in [-0.2, 0) is 4.79 Å². The van der Waals surface area contributed by atoms with Crippen molar-refractivity contribution in [3.05, 3.63) is 5.56 Å². The second-order valence-corrected chi connectivity index (χ2v) is 3.49. The van der Waals surface area contributed by atoms with E-state index in [1.807, 2.05) is 13.8 Å². The van der Waals surface area contributed by atoms with Gasteiger partial charge in [-0.25, -0.2) is 5.43 Å². The minimum absolute atomic E-state index is 0.131. The molecule has 0 saturated heterocycles. The number of carbonyl (C=O) groups is 1. The van der Waals surface area contributed by atoms with Gasteiger partial charge >= 0.3 is 0 Å². The van der Waals surface area contributed by atoms with Crippen LogP contribution in [0.4, 0.5) is 17.6 Å². The first kappa shape index (κ1) is 12.2. The van der Waals surface area contributed by atoms with E-state index in [0.29, 0.717) is 24.0 Å². The zero-order valence-corrected chi connectivity index (χ0v) is 9.53. The fraction of sp³-hybridized carbons (Fsp3) is 0.444. The Bertz CT molecular complexity index is 379. The van der Waals surface area contributed by atoms with Crippen molar-refractivity contribution in [2.24, 2.45) is 0 Å². The van der Waals surface area contributed by atoms with E-state index < -0.39 is 0 Å². The Balaban J connectivity index is 3.21. The number of carbonyl (C=O) groups excluding carboxylic acids is 1. The number of nitrogens with zero attached hydrogens (tertiary/aromatic N) is 2. The molecule has 0 atom stereocenters. The van der Waals surface area contributed by atoms with Gasteiger partial charge in [-0.3, -0.25) is 10.2 Å². The van der Waals surface area contributed by atoms with Crippen LogP contribution in [0.3, 0.4) is 0 Å². The number of anilines is 3. The summed E-state index contributed by atoms with van der Waals surface area (Å²) in [4.78, 5) is 18.7. The number of nitrogens with one attached hydrogen (secondary N) is 3. The van der Waals surface area contributed by atoms with Crippen molar-refractivity contribution in [1.29, 1.82) is 0 Å². The summed E-state index contributed by atoms with van der Waals surface area (Å²) in [6, 6.07) is 0. The van der Waals surface area contributed by atoms with Crippen molar-refractivity contribution >= 4 is 24.0 Å². The molecular weight excluding hydrogens is 208 g/mol. The molecule has 7 nitrogen and oxygen atoms in total. The van der Waals surface area contributed by atoms with Gasteiger partial charge in [-0.1, -0.05) is 13.8 Å². The molecule has 0 radical (unpaired) electrons. The second kappa shape index (κ2) is 5.26. The van der Waals surface area contributed by atoms with E-state index in [9.17, 15) is 4.79 Å². The summed E-state index contributed by atoms with van der Waals surface area (Å²) in [5.41, 5.74) is 11.9. The van der Waals surface area contributed by atoms with Gasteiger partial charge in [-0.2, -0.15) is 9.97 Å². The molecule has 0 bridgehead atoms. The van der Waals surface area contributed by atoms with Crippen molar-refractivity contribution < 1.29 is 4.79 Å². The molecule has 0 aliphatic rings. The molecule has 0 fully saturated rings. The van der Waals surface area contributed by atoms with Crippen molar-refractivity contribution in [3.8, 4) is 0 Å². The molecule has 0 unspecified atom stereocenters. The lowest BCUT2D eigenvalue weighted by Crippen LogP contribution is -2.19. The van der Waals surface area contributed by atoms with Crippen LogP contribution < -0.4 is 21.9 Å². The van der Waals surface area contributed by atoms with Crippen molar-refractivity contribution in [2.75, 3.05) is 23.5 Å². The molecule has 1 aromatic rings.